The van der Waals surface area contributed by atoms with E-state index in [-0.39, 0.29) is 0 Å². The van der Waals surface area contributed by atoms with Gasteiger partial charge in [-0.05, 0) is 249 Å². The first-order valence-electron chi connectivity index (χ1n) is 44.5. The van der Waals surface area contributed by atoms with Gasteiger partial charge in [0.15, 0.2) is 0 Å². The van der Waals surface area contributed by atoms with Crippen LogP contribution in [-0.2, 0) is 0 Å². The third-order valence-electron chi connectivity index (χ3n) is 25.7. The van der Waals surface area contributed by atoms with E-state index in [2.05, 4.69) is 439 Å². The minimum atomic E-state index is 0.911. The first-order chi connectivity index (χ1) is 65.5. The van der Waals surface area contributed by atoms with E-state index in [1.807, 2.05) is 73.4 Å². The Balaban J connectivity index is 0.000000106. The first-order valence-corrected chi connectivity index (χ1v) is 44.5. The number of imidazole rings is 3. The van der Waals surface area contributed by atoms with Gasteiger partial charge in [0, 0.05) is 108 Å². The van der Waals surface area contributed by atoms with E-state index < -0.39 is 0 Å². The molecule has 0 spiro atoms. The van der Waals surface area contributed by atoms with Crippen molar-refractivity contribution < 1.29 is 0 Å². The molecule has 18 aromatic carbocycles. The third kappa shape index (κ3) is 13.1. The number of aromatic nitrogens is 9. The van der Waals surface area contributed by atoms with Crippen LogP contribution in [0.2, 0.25) is 0 Å². The number of anilines is 9. The number of fused-ring (bicyclic) bond motifs is 9. The van der Waals surface area contributed by atoms with E-state index in [0.29, 0.717) is 0 Å². The number of hydrogen-bond acceptors (Lipinski definition) is 9. The Hall–Kier alpha value is -18.0. The van der Waals surface area contributed by atoms with Gasteiger partial charge in [0.2, 0.25) is 0 Å². The van der Waals surface area contributed by atoms with Gasteiger partial charge >= 0.3 is 0 Å². The summed E-state index contributed by atoms with van der Waals surface area (Å²) in [6.45, 7) is 0. The zero-order chi connectivity index (χ0) is 87.1. The van der Waals surface area contributed by atoms with E-state index >= 15 is 0 Å². The van der Waals surface area contributed by atoms with Crippen molar-refractivity contribution in [2.24, 2.45) is 0 Å². The highest BCUT2D eigenvalue weighted by Crippen LogP contribution is 2.56. The maximum atomic E-state index is 5.14. The highest BCUT2D eigenvalue weighted by atomic mass is 15.2. The molecule has 0 amide bonds. The van der Waals surface area contributed by atoms with Crippen molar-refractivity contribution in [3.8, 4) is 118 Å². The number of rotatable bonds is 12. The number of pyridine rings is 3. The Bertz CT molecular complexity index is 7810. The molecule has 12 nitrogen and oxygen atoms in total. The van der Waals surface area contributed by atoms with Gasteiger partial charge in [-0.25, -0.2) is 15.0 Å². The molecule has 0 radical (unpaired) electrons. The Kier molecular flexibility index (Phi) is 18.6. The molecule has 0 saturated carbocycles. The molecule has 3 aliphatic rings. The molecule has 0 saturated heterocycles. The maximum Gasteiger partial charge on any atom is 0.145 e. The molecule has 0 aliphatic carbocycles. The van der Waals surface area contributed by atoms with Gasteiger partial charge in [-0.3, -0.25) is 28.7 Å². The molecule has 0 unspecified atom stereocenters. The lowest BCUT2D eigenvalue weighted by Gasteiger charge is -2.33. The summed E-state index contributed by atoms with van der Waals surface area (Å²) in [4.78, 5) is 36.6. The number of benzene rings is 18. The molecular weight excluding hydrogens is 1610 g/mol. The molecule has 618 valence electrons. The first kappa shape index (κ1) is 76.4. The van der Waals surface area contributed by atoms with Crippen molar-refractivity contribution in [1.29, 1.82) is 0 Å². The Morgan fingerprint density at radius 3 is 0.939 bits per heavy atom. The summed E-state index contributed by atoms with van der Waals surface area (Å²) in [6.07, 6.45) is 9.66. The predicted octanol–water partition coefficient (Wildman–Crippen LogP) is 31.1. The van der Waals surface area contributed by atoms with Crippen molar-refractivity contribution in [2.75, 3.05) is 14.7 Å². The van der Waals surface area contributed by atoms with Gasteiger partial charge in [0.1, 0.15) is 17.5 Å². The quantitative estimate of drug-likeness (QED) is 0.118. The second-order valence-corrected chi connectivity index (χ2v) is 33.4. The minimum absolute atomic E-state index is 0.911. The lowest BCUT2D eigenvalue weighted by molar-refractivity contribution is 1.10. The van der Waals surface area contributed by atoms with Crippen LogP contribution in [0.4, 0.5) is 51.2 Å². The molecule has 0 atom stereocenters. The Labute approximate surface area is 761 Å². The average molecular weight is 1690 g/mol. The molecular formula is C120H78N12. The number of nitrogens with zero attached hydrogens (tertiary/aromatic N) is 12. The second kappa shape index (κ2) is 32.1. The fourth-order valence-electron chi connectivity index (χ4n) is 19.9. The summed E-state index contributed by atoms with van der Waals surface area (Å²) in [5.41, 5.74) is 36.5. The molecule has 3 aliphatic heterocycles. The van der Waals surface area contributed by atoms with Gasteiger partial charge < -0.3 is 14.7 Å². The smallest absolute Gasteiger partial charge is 0.145 e. The van der Waals surface area contributed by atoms with Crippen LogP contribution in [0.1, 0.15) is 0 Å². The molecule has 12 heteroatoms. The Morgan fingerprint density at radius 1 is 0.182 bits per heavy atom. The molecule has 0 fully saturated rings. The van der Waals surface area contributed by atoms with E-state index in [9.17, 15) is 0 Å². The van der Waals surface area contributed by atoms with Gasteiger partial charge in [0.25, 0.3) is 0 Å². The van der Waals surface area contributed by atoms with Gasteiger partial charge in [-0.1, -0.05) is 255 Å². The zero-order valence-corrected chi connectivity index (χ0v) is 71.4. The molecule has 0 N–H and O–H groups in total. The summed E-state index contributed by atoms with van der Waals surface area (Å²) >= 11 is 0. The van der Waals surface area contributed by atoms with Crippen molar-refractivity contribution in [3.63, 3.8) is 0 Å². The predicted molar refractivity (Wildman–Crippen MR) is 543 cm³/mol. The van der Waals surface area contributed by atoms with Crippen molar-refractivity contribution in [2.45, 2.75) is 0 Å². The summed E-state index contributed by atoms with van der Waals surface area (Å²) in [5.74, 6) is 2.74. The average Bonchev–Trinajstić information content (AvgIpc) is 0.945. The van der Waals surface area contributed by atoms with E-state index in [4.69, 9.17) is 19.9 Å². The summed E-state index contributed by atoms with van der Waals surface area (Å²) in [6, 6.07) is 156. The second-order valence-electron chi connectivity index (χ2n) is 33.4. The van der Waals surface area contributed by atoms with Crippen LogP contribution < -0.4 is 14.7 Å². The van der Waals surface area contributed by atoms with E-state index in [1.54, 1.807) is 0 Å². The summed E-state index contributed by atoms with van der Waals surface area (Å²) < 4.78 is 6.76. The van der Waals surface area contributed by atoms with Crippen LogP contribution in [0.25, 0.3) is 184 Å². The minimum Gasteiger partial charge on any atom is -0.309 e. The van der Waals surface area contributed by atoms with Crippen molar-refractivity contribution in [3.05, 3.63) is 474 Å². The fraction of sp³-hybridized carbons (Fsp3) is 0. The van der Waals surface area contributed by atoms with Gasteiger partial charge in [-0.2, -0.15) is 0 Å². The lowest BCUT2D eigenvalue weighted by Crippen LogP contribution is -2.16. The van der Waals surface area contributed by atoms with Crippen LogP contribution in [-0.4, -0.2) is 43.6 Å². The maximum absolute atomic E-state index is 5.14. The van der Waals surface area contributed by atoms with Crippen molar-refractivity contribution in [1.82, 2.24) is 43.6 Å². The SMILES string of the molecule is c1ccc(-c2cc3c4c(cccc4c2)N(c2cccc(-c4nc5ccccc5n4-c4ccccc4)c2)c2cccnc2-3)cc1.c1ccc(-c2cc3c4c(cccc4c2)N(c2cccc(-c4nc5ccccc5n4-c4ccccc4)c2)c2ccncc2-3)cc1.c1ccc(-c2cc3c4c(cccc4c2)N(c2cccc(-c4nc5ccccc5n4-c4ccccc4)c2)c2cnccc2-3)cc1. The summed E-state index contributed by atoms with van der Waals surface area (Å²) in [5, 5.41) is 7.30. The van der Waals surface area contributed by atoms with Gasteiger partial charge in [-0.15, -0.1) is 0 Å². The van der Waals surface area contributed by atoms with E-state index in [1.165, 1.54) is 82.4 Å². The van der Waals surface area contributed by atoms with Crippen LogP contribution in [0, 0.1) is 0 Å². The number of para-hydroxylation sites is 9. The van der Waals surface area contributed by atoms with Crippen LogP contribution in [0.5, 0.6) is 0 Å². The van der Waals surface area contributed by atoms with Crippen molar-refractivity contribution >= 4 is 117 Å². The molecule has 132 heavy (non-hydrogen) atoms. The number of hydrogen-bond donors (Lipinski definition) is 0. The Morgan fingerprint density at radius 2 is 0.508 bits per heavy atom. The fourth-order valence-corrected chi connectivity index (χ4v) is 19.9. The molecule has 24 aromatic rings. The topological polar surface area (TPSA) is 102 Å². The molecule has 6 aromatic heterocycles. The molecule has 0 bridgehead atoms. The van der Waals surface area contributed by atoms with Crippen LogP contribution in [0.3, 0.4) is 0 Å². The lowest BCUT2D eigenvalue weighted by atomic mass is 9.88. The molecule has 9 heterocycles. The van der Waals surface area contributed by atoms with Crippen LogP contribution in [0.15, 0.2) is 474 Å². The molecule has 27 rings (SSSR count). The highest BCUT2D eigenvalue weighted by Gasteiger charge is 2.33. The van der Waals surface area contributed by atoms with Crippen LogP contribution >= 0.6 is 0 Å². The largest absolute Gasteiger partial charge is 0.309 e. The monoisotopic (exact) mass is 1690 g/mol. The summed E-state index contributed by atoms with van der Waals surface area (Å²) in [7, 11) is 0. The zero-order valence-electron chi connectivity index (χ0n) is 71.4. The van der Waals surface area contributed by atoms with Gasteiger partial charge in [0.05, 0.1) is 79.1 Å². The standard InChI is InChI=1S/3C40H26N4/c1-3-12-27(13-4-1)30-24-28-14-10-21-36-38(28)33(26-30)39-37(22-11-23-41-39)43(36)32-18-9-15-29(25-32)40-42-34-19-7-8-20-35(34)44(40)31-16-5-2-6-17-31;1-3-11-27(12-4-1)30-23-28-13-10-20-38-39(28)33(25-30)34-26-41-22-21-36(34)43(38)32-17-9-14-29(24-32)40-42-35-18-7-8-19-37(35)44(40)31-15-5-2-6-16-31;1-3-11-27(12-4-1)30-23-28-13-10-20-37-39(28)34(25-30)33-21-22-41-26-38(33)43(37)32-17-9-14-29(24-32)40-42-35-18-7-8-19-36(35)44(40)31-15-5-2-6-16-31/h3*1-26H. The highest BCUT2D eigenvalue weighted by molar-refractivity contribution is 6.18. The third-order valence-corrected chi connectivity index (χ3v) is 25.7. The normalized spacial score (nSPS) is 12.0. The van der Waals surface area contributed by atoms with E-state index in [0.717, 1.165) is 152 Å².